The van der Waals surface area contributed by atoms with E-state index in [1.807, 2.05) is 29.2 Å². The first-order valence-corrected chi connectivity index (χ1v) is 9.96. The van der Waals surface area contributed by atoms with E-state index >= 15 is 0 Å². The van der Waals surface area contributed by atoms with E-state index in [1.54, 1.807) is 7.11 Å². The minimum Gasteiger partial charge on any atom is -0.497 e. The molecule has 1 aromatic heterocycles. The molecule has 2 aromatic rings. The van der Waals surface area contributed by atoms with Crippen LogP contribution in [0.15, 0.2) is 29.1 Å². The maximum absolute atomic E-state index is 12.5. The van der Waals surface area contributed by atoms with Crippen LogP contribution in [0.25, 0.3) is 10.9 Å². The van der Waals surface area contributed by atoms with Gasteiger partial charge in [0, 0.05) is 42.8 Å². The summed E-state index contributed by atoms with van der Waals surface area (Å²) < 4.78 is 10.9. The standard InChI is InChI=1S/C20H27N3O4S/c1-26-16-5-6-18-14(11-16)10-15(19(25)22-18)13-23(7-3-8-24)20(28)21-12-17-4-2-9-27-17/h5-6,10-11,17,24H,2-4,7-9,12-13H2,1H3,(H,21,28)(H,22,25). The topological polar surface area (TPSA) is 86.8 Å². The van der Waals surface area contributed by atoms with Gasteiger partial charge in [-0.05, 0) is 55.7 Å². The average molecular weight is 406 g/mol. The fourth-order valence-electron chi connectivity index (χ4n) is 3.31. The number of H-pyrrole nitrogens is 1. The van der Waals surface area contributed by atoms with E-state index in [2.05, 4.69) is 10.3 Å². The van der Waals surface area contributed by atoms with Crippen molar-refractivity contribution in [3.8, 4) is 5.75 Å². The first-order valence-electron chi connectivity index (χ1n) is 9.56. The molecule has 1 aromatic carbocycles. The predicted molar refractivity (Wildman–Crippen MR) is 113 cm³/mol. The molecule has 8 heteroatoms. The number of aliphatic hydroxyl groups is 1. The number of hydrogen-bond donors (Lipinski definition) is 3. The van der Waals surface area contributed by atoms with Crippen LogP contribution in [0.1, 0.15) is 24.8 Å². The van der Waals surface area contributed by atoms with Crippen LogP contribution in [0.5, 0.6) is 5.75 Å². The summed E-state index contributed by atoms with van der Waals surface area (Å²) in [5, 5.41) is 13.9. The summed E-state index contributed by atoms with van der Waals surface area (Å²) >= 11 is 5.55. The second kappa shape index (κ2) is 9.86. The van der Waals surface area contributed by atoms with Crippen molar-refractivity contribution in [2.45, 2.75) is 31.9 Å². The van der Waals surface area contributed by atoms with Crippen LogP contribution in [0.2, 0.25) is 0 Å². The van der Waals surface area contributed by atoms with Crippen LogP contribution in [0, 0.1) is 0 Å². The molecule has 7 nitrogen and oxygen atoms in total. The van der Waals surface area contributed by atoms with Crippen LogP contribution in [-0.4, -0.2) is 59.6 Å². The number of hydrogen-bond acceptors (Lipinski definition) is 5. The number of rotatable bonds is 8. The number of thiocarbonyl (C=S) groups is 1. The van der Waals surface area contributed by atoms with Crippen molar-refractivity contribution in [3.63, 3.8) is 0 Å². The van der Waals surface area contributed by atoms with Crippen LogP contribution in [-0.2, 0) is 11.3 Å². The van der Waals surface area contributed by atoms with E-state index in [0.29, 0.717) is 36.7 Å². The van der Waals surface area contributed by atoms with Crippen molar-refractivity contribution in [3.05, 3.63) is 40.2 Å². The summed E-state index contributed by atoms with van der Waals surface area (Å²) in [4.78, 5) is 17.4. The predicted octanol–water partition coefficient (Wildman–Crippen LogP) is 1.77. The Bertz CT molecular complexity index is 864. The molecule has 28 heavy (non-hydrogen) atoms. The smallest absolute Gasteiger partial charge is 0.253 e. The Morgan fingerprint density at radius 1 is 1.46 bits per heavy atom. The first kappa shape index (κ1) is 20.6. The second-order valence-corrected chi connectivity index (χ2v) is 7.28. The van der Waals surface area contributed by atoms with Gasteiger partial charge in [0.05, 0.1) is 19.8 Å². The molecule has 0 spiro atoms. The number of aromatic nitrogens is 1. The van der Waals surface area contributed by atoms with Gasteiger partial charge < -0.3 is 29.8 Å². The molecule has 152 valence electrons. The molecule has 0 aliphatic carbocycles. The molecule has 3 N–H and O–H groups in total. The maximum Gasteiger partial charge on any atom is 0.253 e. The van der Waals surface area contributed by atoms with E-state index in [-0.39, 0.29) is 18.3 Å². The highest BCUT2D eigenvalue weighted by atomic mass is 32.1. The fourth-order valence-corrected chi connectivity index (χ4v) is 3.55. The molecule has 1 aliphatic heterocycles. The highest BCUT2D eigenvalue weighted by Crippen LogP contribution is 2.19. The summed E-state index contributed by atoms with van der Waals surface area (Å²) in [7, 11) is 1.61. The van der Waals surface area contributed by atoms with E-state index < -0.39 is 0 Å². The van der Waals surface area contributed by atoms with E-state index in [9.17, 15) is 9.90 Å². The monoisotopic (exact) mass is 405 g/mol. The van der Waals surface area contributed by atoms with E-state index in [0.717, 1.165) is 36.1 Å². The average Bonchev–Trinajstić information content (AvgIpc) is 3.22. The molecule has 1 aliphatic rings. The fraction of sp³-hybridized carbons (Fsp3) is 0.500. The highest BCUT2D eigenvalue weighted by molar-refractivity contribution is 7.80. The van der Waals surface area contributed by atoms with Gasteiger partial charge in [0.1, 0.15) is 5.75 Å². The van der Waals surface area contributed by atoms with Gasteiger partial charge in [-0.3, -0.25) is 4.79 Å². The van der Waals surface area contributed by atoms with Crippen molar-refractivity contribution in [2.75, 3.05) is 33.4 Å². The third-order valence-corrected chi connectivity index (χ3v) is 5.27. The van der Waals surface area contributed by atoms with Gasteiger partial charge in [-0.2, -0.15) is 0 Å². The Morgan fingerprint density at radius 3 is 3.04 bits per heavy atom. The minimum absolute atomic E-state index is 0.0656. The molecular formula is C20H27N3O4S. The van der Waals surface area contributed by atoms with Crippen molar-refractivity contribution >= 4 is 28.2 Å². The molecule has 0 amide bonds. The van der Waals surface area contributed by atoms with Crippen molar-refractivity contribution < 1.29 is 14.6 Å². The summed E-state index contributed by atoms with van der Waals surface area (Å²) in [6.45, 7) is 2.43. The molecule has 1 fully saturated rings. The Hall–Kier alpha value is -2.16. The number of benzene rings is 1. The third kappa shape index (κ3) is 5.21. The van der Waals surface area contributed by atoms with Gasteiger partial charge in [0.25, 0.3) is 5.56 Å². The number of methoxy groups -OCH3 is 1. The molecule has 0 bridgehead atoms. The van der Waals surface area contributed by atoms with Crippen LogP contribution < -0.4 is 15.6 Å². The summed E-state index contributed by atoms with van der Waals surface area (Å²) in [5.41, 5.74) is 1.23. The van der Waals surface area contributed by atoms with Gasteiger partial charge in [-0.25, -0.2) is 0 Å². The van der Waals surface area contributed by atoms with E-state index in [4.69, 9.17) is 21.7 Å². The minimum atomic E-state index is -0.145. The number of aliphatic hydroxyl groups excluding tert-OH is 1. The van der Waals surface area contributed by atoms with Crippen molar-refractivity contribution in [1.29, 1.82) is 0 Å². The highest BCUT2D eigenvalue weighted by Gasteiger charge is 2.18. The van der Waals surface area contributed by atoms with Crippen molar-refractivity contribution in [1.82, 2.24) is 15.2 Å². The summed E-state index contributed by atoms with van der Waals surface area (Å²) in [5.74, 6) is 0.733. The van der Waals surface area contributed by atoms with Gasteiger partial charge in [-0.15, -0.1) is 0 Å². The molecule has 3 rings (SSSR count). The van der Waals surface area contributed by atoms with Crippen LogP contribution >= 0.6 is 12.2 Å². The lowest BCUT2D eigenvalue weighted by molar-refractivity contribution is 0.113. The first-order chi connectivity index (χ1) is 13.6. The molecule has 1 saturated heterocycles. The van der Waals surface area contributed by atoms with Gasteiger partial charge >= 0.3 is 0 Å². The van der Waals surface area contributed by atoms with Crippen molar-refractivity contribution in [2.24, 2.45) is 0 Å². The van der Waals surface area contributed by atoms with Crippen LogP contribution in [0.4, 0.5) is 0 Å². The molecule has 1 atom stereocenters. The van der Waals surface area contributed by atoms with E-state index in [1.165, 1.54) is 0 Å². The number of aromatic amines is 1. The molecule has 1 unspecified atom stereocenters. The lowest BCUT2D eigenvalue weighted by atomic mass is 10.1. The largest absolute Gasteiger partial charge is 0.497 e. The number of nitrogens with zero attached hydrogens (tertiary/aromatic N) is 1. The molecular weight excluding hydrogens is 378 g/mol. The SMILES string of the molecule is COc1ccc2[nH]c(=O)c(CN(CCCO)C(=S)NCC3CCCO3)cc2c1. The Kier molecular flexibility index (Phi) is 7.24. The lowest BCUT2D eigenvalue weighted by Crippen LogP contribution is -2.43. The summed E-state index contributed by atoms with van der Waals surface area (Å²) in [6, 6.07) is 7.40. The zero-order valence-electron chi connectivity index (χ0n) is 16.1. The Morgan fingerprint density at radius 2 is 2.32 bits per heavy atom. The zero-order chi connectivity index (χ0) is 19.9. The molecule has 0 saturated carbocycles. The Balaban J connectivity index is 1.75. The van der Waals surface area contributed by atoms with Crippen LogP contribution in [0.3, 0.4) is 0 Å². The van der Waals surface area contributed by atoms with Gasteiger partial charge in [0.15, 0.2) is 5.11 Å². The second-order valence-electron chi connectivity index (χ2n) is 6.90. The quantitative estimate of drug-likeness (QED) is 0.577. The Labute approximate surface area is 169 Å². The van der Waals surface area contributed by atoms with Gasteiger partial charge in [-0.1, -0.05) is 0 Å². The summed E-state index contributed by atoms with van der Waals surface area (Å²) in [6.07, 6.45) is 2.84. The maximum atomic E-state index is 12.5. The number of ether oxygens (including phenoxy) is 2. The number of nitrogens with one attached hydrogen (secondary N) is 2. The third-order valence-electron chi connectivity index (χ3n) is 4.87. The zero-order valence-corrected chi connectivity index (χ0v) is 16.9. The molecule has 0 radical (unpaired) electrons. The molecule has 2 heterocycles. The number of pyridine rings is 1. The normalized spacial score (nSPS) is 16.3. The van der Waals surface area contributed by atoms with Gasteiger partial charge in [0.2, 0.25) is 0 Å². The lowest BCUT2D eigenvalue weighted by Gasteiger charge is -2.26. The number of fused-ring (bicyclic) bond motifs is 1.